The molecule has 162 valence electrons. The van der Waals surface area contributed by atoms with Crippen LogP contribution in [0.15, 0.2) is 65.6 Å². The number of hydrogen-bond acceptors (Lipinski definition) is 6. The van der Waals surface area contributed by atoms with E-state index in [1.807, 2.05) is 35.7 Å². The number of ketones is 1. The number of fused-ring (bicyclic) bond motifs is 1. The van der Waals surface area contributed by atoms with Crippen LogP contribution < -0.4 is 9.47 Å². The summed E-state index contributed by atoms with van der Waals surface area (Å²) in [4.78, 5) is 28.7. The van der Waals surface area contributed by atoms with E-state index in [9.17, 15) is 14.7 Å². The number of benzene rings is 2. The van der Waals surface area contributed by atoms with Gasteiger partial charge in [0.2, 0.25) is 0 Å². The van der Waals surface area contributed by atoms with Gasteiger partial charge in [-0.1, -0.05) is 18.2 Å². The van der Waals surface area contributed by atoms with Gasteiger partial charge in [0.25, 0.3) is 11.7 Å². The lowest BCUT2D eigenvalue weighted by molar-refractivity contribution is -0.140. The normalized spacial score (nSPS) is 19.2. The Morgan fingerprint density at radius 1 is 1.19 bits per heavy atom. The minimum Gasteiger partial charge on any atom is -0.507 e. The Morgan fingerprint density at radius 2 is 2.00 bits per heavy atom. The summed E-state index contributed by atoms with van der Waals surface area (Å²) in [5.74, 6) is -0.0246. The maximum atomic E-state index is 13.1. The van der Waals surface area contributed by atoms with Crippen molar-refractivity contribution < 1.29 is 24.2 Å². The average Bonchev–Trinajstić information content (AvgIpc) is 3.55. The minimum absolute atomic E-state index is 0.0931. The highest BCUT2D eigenvalue weighted by Crippen LogP contribution is 2.41. The zero-order valence-corrected chi connectivity index (χ0v) is 18.2. The predicted octanol–water partition coefficient (Wildman–Crippen LogP) is 4.31. The Bertz CT molecular complexity index is 1210. The van der Waals surface area contributed by atoms with Crippen molar-refractivity contribution in [3.63, 3.8) is 0 Å². The average molecular weight is 448 g/mol. The number of thiophene rings is 1. The molecule has 1 unspecified atom stereocenters. The molecule has 0 saturated carbocycles. The van der Waals surface area contributed by atoms with E-state index in [0.717, 1.165) is 28.2 Å². The van der Waals surface area contributed by atoms with Crippen LogP contribution in [0.1, 0.15) is 27.6 Å². The van der Waals surface area contributed by atoms with Crippen LogP contribution in [0.5, 0.6) is 11.5 Å². The molecule has 5 rings (SSSR count). The lowest BCUT2D eigenvalue weighted by Crippen LogP contribution is -2.28. The summed E-state index contributed by atoms with van der Waals surface area (Å²) in [7, 11) is 1.58. The number of carbonyl (C=O) groups excluding carboxylic acids is 2. The standard InChI is InChI=1S/C25H21NO5S/c1-30-18-7-4-15(5-8-18)22-21(23(27)17-6-9-20-16(13-17)10-11-31-20)24(28)25(29)26(22)14-19-3-2-12-32-19/h2-9,12-13,22,27H,10-11,14H2,1H3/b23-21-. The number of hydrogen-bond donors (Lipinski definition) is 1. The highest BCUT2D eigenvalue weighted by atomic mass is 32.1. The molecule has 2 aromatic carbocycles. The molecule has 32 heavy (non-hydrogen) atoms. The fraction of sp³-hybridized carbons (Fsp3) is 0.200. The van der Waals surface area contributed by atoms with Crippen LogP contribution >= 0.6 is 11.3 Å². The number of aliphatic hydroxyl groups is 1. The van der Waals surface area contributed by atoms with E-state index < -0.39 is 17.7 Å². The van der Waals surface area contributed by atoms with Crippen LogP contribution in [-0.4, -0.2) is 35.4 Å². The summed E-state index contributed by atoms with van der Waals surface area (Å²) in [6.45, 7) is 0.879. The molecule has 6 nitrogen and oxygen atoms in total. The Kier molecular flexibility index (Phi) is 5.19. The molecule has 0 spiro atoms. The molecule has 1 aromatic heterocycles. The summed E-state index contributed by atoms with van der Waals surface area (Å²) in [6, 6.07) is 15.7. The number of Topliss-reactive ketones (excluding diaryl/α,β-unsaturated/α-hetero) is 1. The van der Waals surface area contributed by atoms with Crippen LogP contribution in [-0.2, 0) is 22.6 Å². The van der Waals surface area contributed by atoms with Gasteiger partial charge in [-0.15, -0.1) is 11.3 Å². The van der Waals surface area contributed by atoms with Gasteiger partial charge in [0.1, 0.15) is 17.3 Å². The van der Waals surface area contributed by atoms with Crippen molar-refractivity contribution in [2.75, 3.05) is 13.7 Å². The number of rotatable bonds is 5. The lowest BCUT2D eigenvalue weighted by Gasteiger charge is -2.25. The molecule has 3 heterocycles. The van der Waals surface area contributed by atoms with Gasteiger partial charge in [-0.2, -0.15) is 0 Å². The maximum Gasteiger partial charge on any atom is 0.295 e. The van der Waals surface area contributed by atoms with E-state index in [4.69, 9.17) is 9.47 Å². The van der Waals surface area contributed by atoms with E-state index in [-0.39, 0.29) is 17.9 Å². The first-order valence-corrected chi connectivity index (χ1v) is 11.2. The molecule has 7 heteroatoms. The van der Waals surface area contributed by atoms with Gasteiger partial charge in [0.05, 0.1) is 31.9 Å². The Balaban J connectivity index is 1.63. The maximum absolute atomic E-state index is 13.1. The van der Waals surface area contributed by atoms with Gasteiger partial charge in [-0.25, -0.2) is 0 Å². The number of methoxy groups -OCH3 is 1. The third-order valence-electron chi connectivity index (χ3n) is 5.84. The summed E-state index contributed by atoms with van der Waals surface area (Å²) >= 11 is 1.52. The van der Waals surface area contributed by atoms with Crippen molar-refractivity contribution >= 4 is 28.8 Å². The van der Waals surface area contributed by atoms with Crippen molar-refractivity contribution in [3.05, 3.63) is 87.1 Å². The SMILES string of the molecule is COc1ccc(C2/C(=C(/O)c3ccc4c(c3)CCO4)C(=O)C(=O)N2Cc2cccs2)cc1. The van der Waals surface area contributed by atoms with Gasteiger partial charge in [0, 0.05) is 16.9 Å². The smallest absolute Gasteiger partial charge is 0.295 e. The van der Waals surface area contributed by atoms with Gasteiger partial charge < -0.3 is 19.5 Å². The highest BCUT2D eigenvalue weighted by Gasteiger charge is 2.46. The molecular formula is C25H21NO5S. The van der Waals surface area contributed by atoms with Crippen molar-refractivity contribution in [1.29, 1.82) is 0 Å². The Labute approximate surface area is 189 Å². The van der Waals surface area contributed by atoms with E-state index in [1.165, 1.54) is 16.2 Å². The zero-order chi connectivity index (χ0) is 22.2. The van der Waals surface area contributed by atoms with Crippen molar-refractivity contribution in [1.82, 2.24) is 4.90 Å². The number of ether oxygens (including phenoxy) is 2. The quantitative estimate of drug-likeness (QED) is 0.358. The number of carbonyl (C=O) groups is 2. The van der Waals surface area contributed by atoms with E-state index in [1.54, 1.807) is 31.4 Å². The third-order valence-corrected chi connectivity index (χ3v) is 6.70. The minimum atomic E-state index is -0.701. The van der Waals surface area contributed by atoms with Crippen LogP contribution in [0.25, 0.3) is 5.76 Å². The number of aliphatic hydroxyl groups excluding tert-OH is 1. The molecule has 1 fully saturated rings. The monoisotopic (exact) mass is 447 g/mol. The molecule has 2 aliphatic heterocycles. The summed E-state index contributed by atoms with van der Waals surface area (Å²) < 4.78 is 10.8. The lowest BCUT2D eigenvalue weighted by atomic mass is 9.94. The molecule has 1 saturated heterocycles. The third kappa shape index (κ3) is 3.44. The van der Waals surface area contributed by atoms with Crippen LogP contribution in [0, 0.1) is 0 Å². The van der Waals surface area contributed by atoms with Gasteiger partial charge in [-0.05, 0) is 52.9 Å². The van der Waals surface area contributed by atoms with Crippen LogP contribution in [0.4, 0.5) is 0 Å². The molecule has 0 aliphatic carbocycles. The molecule has 0 bridgehead atoms. The Morgan fingerprint density at radius 3 is 2.72 bits per heavy atom. The largest absolute Gasteiger partial charge is 0.507 e. The summed E-state index contributed by atoms with van der Waals surface area (Å²) in [5.41, 5.74) is 2.30. The fourth-order valence-electron chi connectivity index (χ4n) is 4.24. The second-order valence-electron chi connectivity index (χ2n) is 7.70. The number of likely N-dealkylation sites (tertiary alicyclic amines) is 1. The van der Waals surface area contributed by atoms with Crippen LogP contribution in [0.3, 0.4) is 0 Å². The molecule has 2 aliphatic rings. The molecule has 1 N–H and O–H groups in total. The zero-order valence-electron chi connectivity index (χ0n) is 17.4. The molecule has 1 atom stereocenters. The topological polar surface area (TPSA) is 76.1 Å². The molecule has 0 radical (unpaired) electrons. The predicted molar refractivity (Wildman–Crippen MR) is 121 cm³/mol. The second-order valence-corrected chi connectivity index (χ2v) is 8.73. The van der Waals surface area contributed by atoms with Gasteiger partial charge in [-0.3, -0.25) is 9.59 Å². The van der Waals surface area contributed by atoms with E-state index >= 15 is 0 Å². The Hall–Kier alpha value is -3.58. The molecule has 3 aromatic rings. The van der Waals surface area contributed by atoms with E-state index in [2.05, 4.69) is 0 Å². The summed E-state index contributed by atoms with van der Waals surface area (Å²) in [5, 5.41) is 13.2. The van der Waals surface area contributed by atoms with Gasteiger partial charge >= 0.3 is 0 Å². The van der Waals surface area contributed by atoms with Crippen molar-refractivity contribution in [3.8, 4) is 11.5 Å². The van der Waals surface area contributed by atoms with Crippen molar-refractivity contribution in [2.24, 2.45) is 0 Å². The van der Waals surface area contributed by atoms with Gasteiger partial charge in [0.15, 0.2) is 0 Å². The highest BCUT2D eigenvalue weighted by molar-refractivity contribution is 7.09. The number of amides is 1. The van der Waals surface area contributed by atoms with Crippen LogP contribution in [0.2, 0.25) is 0 Å². The first-order valence-electron chi connectivity index (χ1n) is 10.3. The first kappa shape index (κ1) is 20.3. The number of nitrogens with zero attached hydrogens (tertiary/aromatic N) is 1. The summed E-state index contributed by atoms with van der Waals surface area (Å²) in [6.07, 6.45) is 0.741. The molecular weight excluding hydrogens is 426 g/mol. The first-order chi connectivity index (χ1) is 15.6. The van der Waals surface area contributed by atoms with Crippen molar-refractivity contribution in [2.45, 2.75) is 19.0 Å². The second kappa shape index (κ2) is 8.16. The fourth-order valence-corrected chi connectivity index (χ4v) is 4.94. The molecule has 1 amide bonds. The van der Waals surface area contributed by atoms with E-state index in [0.29, 0.717) is 17.9 Å².